The molecule has 0 fully saturated rings. The normalized spacial score (nSPS) is 10.3. The molecule has 3 nitrogen and oxygen atoms in total. The fourth-order valence-electron chi connectivity index (χ4n) is 1.43. The molecule has 18 heavy (non-hydrogen) atoms. The first-order valence-corrected chi connectivity index (χ1v) is 7.03. The van der Waals surface area contributed by atoms with Gasteiger partial charge in [0.15, 0.2) is 0 Å². The second-order valence-electron chi connectivity index (χ2n) is 3.47. The molecule has 0 atom stereocenters. The number of nitrogens with one attached hydrogen (secondary N) is 1. The number of hydrogen-bond acceptors (Lipinski definition) is 4. The van der Waals surface area contributed by atoms with Gasteiger partial charge in [0.05, 0.1) is 4.88 Å². The van der Waals surface area contributed by atoms with Gasteiger partial charge in [0.1, 0.15) is 5.82 Å². The van der Waals surface area contributed by atoms with Crippen LogP contribution in [0.1, 0.15) is 15.2 Å². The quantitative estimate of drug-likeness (QED) is 0.392. The van der Waals surface area contributed by atoms with Crippen LogP contribution in [0, 0.1) is 5.82 Å². The summed E-state index contributed by atoms with van der Waals surface area (Å²) in [5.41, 5.74) is 2.96. The summed E-state index contributed by atoms with van der Waals surface area (Å²) in [6.45, 7) is 0. The predicted molar refractivity (Wildman–Crippen MR) is 71.9 cm³/mol. The van der Waals surface area contributed by atoms with Crippen molar-refractivity contribution >= 4 is 29.0 Å². The van der Waals surface area contributed by atoms with E-state index in [1.807, 2.05) is 11.4 Å². The zero-order chi connectivity index (χ0) is 13.0. The first kappa shape index (κ1) is 13.1. The molecular weight excluding hydrogens is 271 g/mol. The molecule has 0 aliphatic rings. The minimum atomic E-state index is -0.311. The van der Waals surface area contributed by atoms with E-state index in [1.54, 1.807) is 18.2 Å². The Labute approximate surface area is 112 Å². The number of carbonyl (C=O) groups is 1. The number of halogens is 1. The Morgan fingerprint density at radius 2 is 2.17 bits per heavy atom. The summed E-state index contributed by atoms with van der Waals surface area (Å²) in [5.74, 6) is 5.08. The number of nitrogens with two attached hydrogens (primary N) is 1. The Kier molecular flexibility index (Phi) is 4.35. The van der Waals surface area contributed by atoms with E-state index in [0.29, 0.717) is 15.5 Å². The third-order valence-corrected chi connectivity index (χ3v) is 4.36. The zero-order valence-corrected chi connectivity index (χ0v) is 11.0. The summed E-state index contributed by atoms with van der Waals surface area (Å²) in [7, 11) is 0. The highest BCUT2D eigenvalue weighted by Gasteiger charge is 2.12. The summed E-state index contributed by atoms with van der Waals surface area (Å²) < 4.78 is 13.4. The van der Waals surface area contributed by atoms with E-state index >= 15 is 0 Å². The van der Waals surface area contributed by atoms with Crippen molar-refractivity contribution in [3.63, 3.8) is 0 Å². The average Bonchev–Trinajstić information content (AvgIpc) is 2.85. The molecule has 1 heterocycles. The van der Waals surface area contributed by atoms with Gasteiger partial charge in [-0.3, -0.25) is 10.2 Å². The Morgan fingerprint density at radius 1 is 1.39 bits per heavy atom. The molecule has 3 N–H and O–H groups in total. The van der Waals surface area contributed by atoms with Gasteiger partial charge in [0.25, 0.3) is 5.91 Å². The smallest absolute Gasteiger partial charge is 0.275 e. The lowest BCUT2D eigenvalue weighted by atomic mass is 10.3. The average molecular weight is 282 g/mol. The molecule has 2 rings (SSSR count). The van der Waals surface area contributed by atoms with Crippen LogP contribution >= 0.6 is 23.1 Å². The standard InChI is InChI=1S/C12H11FN2OS2/c13-9-3-1-2-4-10(9)18-7-8-5-6-17-11(8)12(16)15-14/h1-6H,7,14H2,(H,15,16). The van der Waals surface area contributed by atoms with Gasteiger partial charge in [0, 0.05) is 10.6 Å². The fourth-order valence-corrected chi connectivity index (χ4v) is 3.28. The van der Waals surface area contributed by atoms with Crippen LogP contribution in [-0.2, 0) is 5.75 Å². The summed E-state index contributed by atoms with van der Waals surface area (Å²) in [6, 6.07) is 8.42. The maximum atomic E-state index is 13.4. The highest BCUT2D eigenvalue weighted by atomic mass is 32.2. The van der Waals surface area contributed by atoms with E-state index in [0.717, 1.165) is 5.56 Å². The van der Waals surface area contributed by atoms with Crippen molar-refractivity contribution < 1.29 is 9.18 Å². The Hall–Kier alpha value is -1.37. The number of amides is 1. The first-order chi connectivity index (χ1) is 8.72. The summed E-state index contributed by atoms with van der Waals surface area (Å²) in [4.78, 5) is 12.6. The van der Waals surface area contributed by atoms with Crippen molar-refractivity contribution in [2.24, 2.45) is 5.84 Å². The summed E-state index contributed by atoms with van der Waals surface area (Å²) in [6.07, 6.45) is 0. The van der Waals surface area contributed by atoms with Crippen LogP contribution in [-0.4, -0.2) is 5.91 Å². The lowest BCUT2D eigenvalue weighted by Gasteiger charge is -2.04. The minimum absolute atomic E-state index is 0.248. The van der Waals surface area contributed by atoms with Gasteiger partial charge in [-0.25, -0.2) is 10.2 Å². The van der Waals surface area contributed by atoms with Crippen molar-refractivity contribution in [2.45, 2.75) is 10.6 Å². The van der Waals surface area contributed by atoms with Crippen LogP contribution in [0.4, 0.5) is 4.39 Å². The highest BCUT2D eigenvalue weighted by molar-refractivity contribution is 7.98. The van der Waals surface area contributed by atoms with E-state index in [-0.39, 0.29) is 11.7 Å². The van der Waals surface area contributed by atoms with Crippen molar-refractivity contribution in [2.75, 3.05) is 0 Å². The predicted octanol–water partition coefficient (Wildman–Crippen LogP) is 2.78. The molecule has 0 unspecified atom stereocenters. The SMILES string of the molecule is NNC(=O)c1sccc1CSc1ccccc1F. The third kappa shape index (κ3) is 2.90. The number of thioether (sulfide) groups is 1. The lowest BCUT2D eigenvalue weighted by Crippen LogP contribution is -2.29. The Bertz CT molecular complexity index is 557. The van der Waals surface area contributed by atoms with Crippen LogP contribution in [0.2, 0.25) is 0 Å². The molecular formula is C12H11FN2OS2. The van der Waals surface area contributed by atoms with Crippen molar-refractivity contribution in [1.29, 1.82) is 0 Å². The molecule has 0 bridgehead atoms. The Morgan fingerprint density at radius 3 is 2.89 bits per heavy atom. The van der Waals surface area contributed by atoms with Gasteiger partial charge in [-0.1, -0.05) is 12.1 Å². The molecule has 0 aliphatic heterocycles. The fraction of sp³-hybridized carbons (Fsp3) is 0.0833. The molecule has 0 aliphatic carbocycles. The van der Waals surface area contributed by atoms with Crippen molar-refractivity contribution in [1.82, 2.24) is 5.43 Å². The number of benzene rings is 1. The molecule has 2 aromatic rings. The van der Waals surface area contributed by atoms with Crippen LogP contribution in [0.25, 0.3) is 0 Å². The number of nitrogen functional groups attached to an aromatic ring is 1. The van der Waals surface area contributed by atoms with E-state index < -0.39 is 0 Å². The maximum absolute atomic E-state index is 13.4. The van der Waals surface area contributed by atoms with Crippen LogP contribution in [0.3, 0.4) is 0 Å². The van der Waals surface area contributed by atoms with Crippen molar-refractivity contribution in [3.05, 3.63) is 52.0 Å². The van der Waals surface area contributed by atoms with Crippen molar-refractivity contribution in [3.8, 4) is 0 Å². The first-order valence-electron chi connectivity index (χ1n) is 5.17. The van der Waals surface area contributed by atoms with E-state index in [2.05, 4.69) is 5.43 Å². The number of hydrazine groups is 1. The molecule has 1 aromatic carbocycles. The summed E-state index contributed by atoms with van der Waals surface area (Å²) >= 11 is 2.68. The van der Waals surface area contributed by atoms with Crippen LogP contribution in [0.15, 0.2) is 40.6 Å². The molecule has 1 aromatic heterocycles. The second-order valence-corrected chi connectivity index (χ2v) is 5.40. The van der Waals surface area contributed by atoms with Crippen LogP contribution < -0.4 is 11.3 Å². The third-order valence-electron chi connectivity index (χ3n) is 2.30. The van der Waals surface area contributed by atoms with Gasteiger partial charge < -0.3 is 0 Å². The number of hydrogen-bond donors (Lipinski definition) is 2. The van der Waals surface area contributed by atoms with Gasteiger partial charge in [-0.15, -0.1) is 23.1 Å². The van der Waals surface area contributed by atoms with E-state index in [9.17, 15) is 9.18 Å². The second kappa shape index (κ2) is 5.99. The lowest BCUT2D eigenvalue weighted by molar-refractivity contribution is 0.0957. The molecule has 0 saturated heterocycles. The topological polar surface area (TPSA) is 55.1 Å². The largest absolute Gasteiger partial charge is 0.289 e. The van der Waals surface area contributed by atoms with E-state index in [4.69, 9.17) is 5.84 Å². The molecule has 94 valence electrons. The monoisotopic (exact) mass is 282 g/mol. The summed E-state index contributed by atoms with van der Waals surface area (Å²) in [5, 5.41) is 1.82. The number of rotatable bonds is 4. The van der Waals surface area contributed by atoms with Gasteiger partial charge in [-0.05, 0) is 29.1 Å². The molecule has 0 radical (unpaired) electrons. The maximum Gasteiger partial charge on any atom is 0.275 e. The molecule has 6 heteroatoms. The highest BCUT2D eigenvalue weighted by Crippen LogP contribution is 2.28. The van der Waals surface area contributed by atoms with Gasteiger partial charge >= 0.3 is 0 Å². The van der Waals surface area contributed by atoms with Gasteiger partial charge in [-0.2, -0.15) is 0 Å². The molecule has 0 spiro atoms. The number of carbonyl (C=O) groups excluding carboxylic acids is 1. The van der Waals surface area contributed by atoms with E-state index in [1.165, 1.54) is 29.2 Å². The molecule has 1 amide bonds. The van der Waals surface area contributed by atoms with Crippen LogP contribution in [0.5, 0.6) is 0 Å². The van der Waals surface area contributed by atoms with Gasteiger partial charge in [0.2, 0.25) is 0 Å². The molecule has 0 saturated carbocycles. The zero-order valence-electron chi connectivity index (χ0n) is 9.35. The Balaban J connectivity index is 2.09. The minimum Gasteiger partial charge on any atom is -0.289 e. The number of thiophene rings is 1.